The zero-order valence-corrected chi connectivity index (χ0v) is 10.3. The van der Waals surface area contributed by atoms with Gasteiger partial charge in [0.1, 0.15) is 6.61 Å². The molecule has 1 aromatic carbocycles. The molecule has 1 N–H and O–H groups in total. The quantitative estimate of drug-likeness (QED) is 0.823. The molecule has 0 aromatic heterocycles. The summed E-state index contributed by atoms with van der Waals surface area (Å²) in [6.07, 6.45) is 1.05. The molecule has 2 rings (SSSR count). The molecular formula is C14H18O4. The number of hydrogen-bond donors (Lipinski definition) is 1. The number of aliphatic hydroxyl groups excluding tert-OH is 1. The maximum atomic E-state index is 12.1. The van der Waals surface area contributed by atoms with Crippen LogP contribution in [0.1, 0.15) is 18.4 Å². The second-order valence-corrected chi connectivity index (χ2v) is 4.61. The minimum Gasteiger partial charge on any atom is -0.460 e. The number of benzene rings is 1. The summed E-state index contributed by atoms with van der Waals surface area (Å²) in [7, 11) is 0. The zero-order chi connectivity index (χ0) is 12.8. The van der Waals surface area contributed by atoms with Gasteiger partial charge in [-0.1, -0.05) is 30.3 Å². The van der Waals surface area contributed by atoms with Gasteiger partial charge in [0, 0.05) is 13.2 Å². The molecule has 0 saturated carbocycles. The molecule has 0 bridgehead atoms. The van der Waals surface area contributed by atoms with Crippen LogP contribution in [-0.2, 0) is 20.9 Å². The summed E-state index contributed by atoms with van der Waals surface area (Å²) in [4.78, 5) is 12.1. The number of carbonyl (C=O) groups excluding carboxylic acids is 1. The van der Waals surface area contributed by atoms with Gasteiger partial charge in [-0.15, -0.1) is 0 Å². The Hall–Kier alpha value is -1.39. The molecule has 4 nitrogen and oxygen atoms in total. The Morgan fingerprint density at radius 2 is 1.94 bits per heavy atom. The number of ether oxygens (including phenoxy) is 2. The van der Waals surface area contributed by atoms with Crippen LogP contribution in [0.2, 0.25) is 0 Å². The SMILES string of the molecule is O=C(OCc1ccccc1)C1(CO)CCOCC1. The average Bonchev–Trinajstić information content (AvgIpc) is 2.46. The first-order chi connectivity index (χ1) is 8.77. The van der Waals surface area contributed by atoms with Crippen molar-refractivity contribution >= 4 is 5.97 Å². The second kappa shape index (κ2) is 5.98. The Bertz CT molecular complexity index is 382. The van der Waals surface area contributed by atoms with E-state index in [1.807, 2.05) is 30.3 Å². The molecule has 1 aliphatic rings. The van der Waals surface area contributed by atoms with Gasteiger partial charge in [-0.25, -0.2) is 0 Å². The normalized spacial score (nSPS) is 18.3. The third-order valence-corrected chi connectivity index (χ3v) is 3.40. The van der Waals surface area contributed by atoms with Crippen LogP contribution in [0.5, 0.6) is 0 Å². The van der Waals surface area contributed by atoms with Crippen molar-refractivity contribution < 1.29 is 19.4 Å². The zero-order valence-electron chi connectivity index (χ0n) is 10.3. The fraction of sp³-hybridized carbons (Fsp3) is 0.500. The van der Waals surface area contributed by atoms with Crippen LogP contribution < -0.4 is 0 Å². The maximum Gasteiger partial charge on any atom is 0.314 e. The summed E-state index contributed by atoms with van der Waals surface area (Å²) in [5.41, 5.74) is 0.179. The smallest absolute Gasteiger partial charge is 0.314 e. The van der Waals surface area contributed by atoms with Gasteiger partial charge < -0.3 is 14.6 Å². The first-order valence-corrected chi connectivity index (χ1v) is 6.17. The molecule has 4 heteroatoms. The first-order valence-electron chi connectivity index (χ1n) is 6.17. The lowest BCUT2D eigenvalue weighted by atomic mass is 9.81. The summed E-state index contributed by atoms with van der Waals surface area (Å²) < 4.78 is 10.5. The van der Waals surface area contributed by atoms with Crippen LogP contribution in [0.3, 0.4) is 0 Å². The van der Waals surface area contributed by atoms with E-state index in [1.54, 1.807) is 0 Å². The topological polar surface area (TPSA) is 55.8 Å². The highest BCUT2D eigenvalue weighted by molar-refractivity contribution is 5.77. The predicted octanol–water partition coefficient (Wildman–Crippen LogP) is 1.52. The van der Waals surface area contributed by atoms with Crippen LogP contribution >= 0.6 is 0 Å². The summed E-state index contributed by atoms with van der Waals surface area (Å²) >= 11 is 0. The predicted molar refractivity (Wildman–Crippen MR) is 65.8 cm³/mol. The van der Waals surface area contributed by atoms with Crippen LogP contribution in [0, 0.1) is 5.41 Å². The summed E-state index contributed by atoms with van der Waals surface area (Å²) in [5, 5.41) is 9.45. The molecule has 0 spiro atoms. The summed E-state index contributed by atoms with van der Waals surface area (Å²) in [5.74, 6) is -0.322. The molecule has 1 aliphatic heterocycles. The third-order valence-electron chi connectivity index (χ3n) is 3.40. The highest BCUT2D eigenvalue weighted by atomic mass is 16.5. The molecule has 0 aliphatic carbocycles. The lowest BCUT2D eigenvalue weighted by Gasteiger charge is -2.32. The second-order valence-electron chi connectivity index (χ2n) is 4.61. The lowest BCUT2D eigenvalue weighted by Crippen LogP contribution is -2.41. The van der Waals surface area contributed by atoms with Gasteiger partial charge in [-0.05, 0) is 18.4 Å². The van der Waals surface area contributed by atoms with E-state index >= 15 is 0 Å². The van der Waals surface area contributed by atoms with Crippen molar-refractivity contribution in [2.24, 2.45) is 5.41 Å². The largest absolute Gasteiger partial charge is 0.460 e. The molecule has 0 atom stereocenters. The Labute approximate surface area is 107 Å². The van der Waals surface area contributed by atoms with Crippen molar-refractivity contribution in [2.45, 2.75) is 19.4 Å². The fourth-order valence-electron chi connectivity index (χ4n) is 2.07. The molecule has 0 unspecified atom stereocenters. The van der Waals surface area contributed by atoms with Gasteiger partial charge in [0.15, 0.2) is 0 Å². The van der Waals surface area contributed by atoms with Gasteiger partial charge in [0.25, 0.3) is 0 Å². The average molecular weight is 250 g/mol. The number of rotatable bonds is 4. The molecular weight excluding hydrogens is 232 g/mol. The van der Waals surface area contributed by atoms with Gasteiger partial charge in [0.05, 0.1) is 12.0 Å². The Morgan fingerprint density at radius 3 is 2.56 bits per heavy atom. The van der Waals surface area contributed by atoms with Crippen LogP contribution in [0.15, 0.2) is 30.3 Å². The highest BCUT2D eigenvalue weighted by Crippen LogP contribution is 2.31. The highest BCUT2D eigenvalue weighted by Gasteiger charge is 2.41. The monoisotopic (exact) mass is 250 g/mol. The van der Waals surface area contributed by atoms with Crippen molar-refractivity contribution in [3.63, 3.8) is 0 Å². The molecule has 0 radical (unpaired) electrons. The lowest BCUT2D eigenvalue weighted by molar-refractivity contribution is -0.166. The number of carbonyl (C=O) groups is 1. The van der Waals surface area contributed by atoms with Gasteiger partial charge >= 0.3 is 5.97 Å². The number of aliphatic hydroxyl groups is 1. The minimum atomic E-state index is -0.771. The van der Waals surface area contributed by atoms with E-state index in [-0.39, 0.29) is 19.2 Å². The van der Waals surface area contributed by atoms with E-state index in [4.69, 9.17) is 9.47 Å². The van der Waals surface area contributed by atoms with E-state index in [0.29, 0.717) is 26.1 Å². The molecule has 1 fully saturated rings. The Balaban J connectivity index is 1.94. The third kappa shape index (κ3) is 2.89. The van der Waals surface area contributed by atoms with Gasteiger partial charge in [0.2, 0.25) is 0 Å². The Kier molecular flexibility index (Phi) is 4.33. The van der Waals surface area contributed by atoms with Crippen molar-refractivity contribution in [3.8, 4) is 0 Å². The molecule has 18 heavy (non-hydrogen) atoms. The van der Waals surface area contributed by atoms with Crippen molar-refractivity contribution in [1.82, 2.24) is 0 Å². The van der Waals surface area contributed by atoms with Gasteiger partial charge in [-0.3, -0.25) is 4.79 Å². The minimum absolute atomic E-state index is 0.177. The van der Waals surface area contributed by atoms with Crippen molar-refractivity contribution in [3.05, 3.63) is 35.9 Å². The maximum absolute atomic E-state index is 12.1. The van der Waals surface area contributed by atoms with E-state index in [0.717, 1.165) is 5.56 Å². The number of esters is 1. The molecule has 1 heterocycles. The van der Waals surface area contributed by atoms with Crippen LogP contribution in [0.25, 0.3) is 0 Å². The Morgan fingerprint density at radius 1 is 1.28 bits per heavy atom. The fourth-order valence-corrected chi connectivity index (χ4v) is 2.07. The standard InChI is InChI=1S/C14H18O4/c15-11-14(6-8-17-9-7-14)13(16)18-10-12-4-2-1-3-5-12/h1-5,15H,6-11H2. The summed E-state index contributed by atoms with van der Waals surface area (Å²) in [6.45, 7) is 1.08. The van der Waals surface area contributed by atoms with Crippen molar-refractivity contribution in [2.75, 3.05) is 19.8 Å². The molecule has 0 amide bonds. The van der Waals surface area contributed by atoms with E-state index < -0.39 is 5.41 Å². The van der Waals surface area contributed by atoms with Gasteiger partial charge in [-0.2, -0.15) is 0 Å². The van der Waals surface area contributed by atoms with Crippen LogP contribution in [0.4, 0.5) is 0 Å². The van der Waals surface area contributed by atoms with E-state index in [9.17, 15) is 9.90 Å². The molecule has 98 valence electrons. The molecule has 1 saturated heterocycles. The first kappa shape index (κ1) is 13.1. The van der Waals surface area contributed by atoms with Crippen molar-refractivity contribution in [1.29, 1.82) is 0 Å². The number of hydrogen-bond acceptors (Lipinski definition) is 4. The summed E-state index contributed by atoms with van der Waals surface area (Å²) in [6, 6.07) is 9.53. The van der Waals surface area contributed by atoms with E-state index in [2.05, 4.69) is 0 Å². The van der Waals surface area contributed by atoms with Crippen LogP contribution in [-0.4, -0.2) is 30.9 Å². The molecule has 1 aromatic rings. The van der Waals surface area contributed by atoms with E-state index in [1.165, 1.54) is 0 Å².